The number of nitrogens with zero attached hydrogens (tertiary/aromatic N) is 3. The summed E-state index contributed by atoms with van der Waals surface area (Å²) >= 11 is 0. The molecule has 254 valence electrons. The summed E-state index contributed by atoms with van der Waals surface area (Å²) in [5.41, 5.74) is 8.60. The molecule has 0 aromatic heterocycles. The van der Waals surface area contributed by atoms with E-state index in [0.717, 1.165) is 86.0 Å². The molecule has 0 fully saturated rings. The van der Waals surface area contributed by atoms with Crippen LogP contribution in [0.4, 0.5) is 17.1 Å². The van der Waals surface area contributed by atoms with Gasteiger partial charge in [0.05, 0.1) is 6.07 Å². The smallest absolute Gasteiger partial charge is 0.203 e. The van der Waals surface area contributed by atoms with Crippen LogP contribution in [0.15, 0.2) is 71.1 Å². The molecule has 1 aliphatic carbocycles. The van der Waals surface area contributed by atoms with Crippen molar-refractivity contribution >= 4 is 28.2 Å². The molecule has 6 N–H and O–H groups in total. The molecule has 0 spiro atoms. The molecule has 0 radical (unpaired) electrons. The molecule has 0 saturated carbocycles. The van der Waals surface area contributed by atoms with Crippen molar-refractivity contribution in [2.75, 3.05) is 54.8 Å². The number of nitrogens with one attached hydrogen (secondary N) is 2. The van der Waals surface area contributed by atoms with Crippen LogP contribution in [0.2, 0.25) is 0 Å². The minimum atomic E-state index is 0.0666. The van der Waals surface area contributed by atoms with Crippen molar-refractivity contribution in [1.29, 1.82) is 0 Å². The van der Waals surface area contributed by atoms with E-state index in [-0.39, 0.29) is 5.75 Å². The van der Waals surface area contributed by atoms with Crippen molar-refractivity contribution in [3.63, 3.8) is 0 Å². The number of rotatable bonds is 6. The van der Waals surface area contributed by atoms with Gasteiger partial charge in [-0.2, -0.15) is 5.90 Å². The fraction of sp³-hybridized carbons (Fsp3) is 0.368. The van der Waals surface area contributed by atoms with Crippen molar-refractivity contribution in [2.24, 2.45) is 5.90 Å². The summed E-state index contributed by atoms with van der Waals surface area (Å²) in [6.45, 7) is 14.3. The monoisotopic (exact) mass is 653 g/mol. The Kier molecular flexibility index (Phi) is 11.6. The number of anilines is 3. The van der Waals surface area contributed by atoms with Crippen LogP contribution in [0.1, 0.15) is 51.7 Å². The SMILES string of the molecule is CCN(CC)c1ccc(ON)c(O)c1.CC[N+](CC)=c1ccc2nc3cc4c(cc3oc-2c1)NCCC4.Oc1ccc2c(c1)NCCC2. The Bertz CT molecular complexity index is 1860. The second-order valence-electron chi connectivity index (χ2n) is 11.9. The maximum absolute atomic E-state index is 9.50. The van der Waals surface area contributed by atoms with Crippen molar-refractivity contribution in [3.05, 3.63) is 83.2 Å². The van der Waals surface area contributed by atoms with Gasteiger partial charge in [0.25, 0.3) is 0 Å². The first-order valence-corrected chi connectivity index (χ1v) is 17.1. The molecule has 3 aliphatic heterocycles. The number of nitrogens with two attached hydrogens (primary N) is 1. The van der Waals surface area contributed by atoms with Gasteiger partial charge in [-0.05, 0) is 94.8 Å². The highest BCUT2D eigenvalue weighted by Crippen LogP contribution is 2.31. The van der Waals surface area contributed by atoms with E-state index in [1.807, 2.05) is 12.1 Å². The molecule has 3 aromatic rings. The second kappa shape index (κ2) is 16.2. The predicted molar refractivity (Wildman–Crippen MR) is 195 cm³/mol. The van der Waals surface area contributed by atoms with Gasteiger partial charge in [0.1, 0.15) is 30.0 Å². The molecule has 48 heavy (non-hydrogen) atoms. The maximum atomic E-state index is 9.50. The minimum Gasteiger partial charge on any atom is -0.508 e. The molecule has 7 rings (SSSR count). The Morgan fingerprint density at radius 3 is 2.21 bits per heavy atom. The first-order chi connectivity index (χ1) is 23.4. The molecule has 10 nitrogen and oxygen atoms in total. The molecule has 0 bridgehead atoms. The van der Waals surface area contributed by atoms with Crippen LogP contribution in [0.5, 0.6) is 17.2 Å². The van der Waals surface area contributed by atoms with E-state index < -0.39 is 0 Å². The fourth-order valence-electron chi connectivity index (χ4n) is 6.20. The summed E-state index contributed by atoms with van der Waals surface area (Å²) in [6, 6.07) is 21.2. The normalized spacial score (nSPS) is 13.0. The predicted octanol–water partition coefficient (Wildman–Crippen LogP) is 6.34. The third-order valence-corrected chi connectivity index (χ3v) is 8.89. The minimum absolute atomic E-state index is 0.0666. The van der Waals surface area contributed by atoms with E-state index in [1.54, 1.807) is 24.3 Å². The Balaban J connectivity index is 0.000000154. The third-order valence-electron chi connectivity index (χ3n) is 8.89. The Morgan fingerprint density at radius 1 is 0.833 bits per heavy atom. The summed E-state index contributed by atoms with van der Waals surface area (Å²) in [6.07, 6.45) is 4.61. The van der Waals surface area contributed by atoms with Crippen molar-refractivity contribution in [1.82, 2.24) is 9.56 Å². The van der Waals surface area contributed by atoms with Gasteiger partial charge in [-0.15, -0.1) is 0 Å². The number of aromatic hydroxyl groups is 2. The van der Waals surface area contributed by atoms with E-state index in [9.17, 15) is 5.11 Å². The van der Waals surface area contributed by atoms with Gasteiger partial charge in [-0.25, -0.2) is 9.56 Å². The Labute approximate surface area is 282 Å². The zero-order chi connectivity index (χ0) is 34.0. The number of aromatic nitrogens is 1. The lowest BCUT2D eigenvalue weighted by Gasteiger charge is -2.21. The van der Waals surface area contributed by atoms with Gasteiger partial charge >= 0.3 is 0 Å². The van der Waals surface area contributed by atoms with Gasteiger partial charge in [-0.1, -0.05) is 6.07 Å². The van der Waals surface area contributed by atoms with Crippen LogP contribution in [0.3, 0.4) is 0 Å². The van der Waals surface area contributed by atoms with Gasteiger partial charge in [0, 0.05) is 67.5 Å². The van der Waals surface area contributed by atoms with Crippen LogP contribution in [0.25, 0.3) is 22.6 Å². The highest BCUT2D eigenvalue weighted by molar-refractivity contribution is 5.82. The zero-order valence-corrected chi connectivity index (χ0v) is 28.6. The number of fused-ring (bicyclic) bond motifs is 4. The first kappa shape index (κ1) is 34.4. The Hall–Kier alpha value is -4.96. The van der Waals surface area contributed by atoms with E-state index in [0.29, 0.717) is 11.5 Å². The summed E-state index contributed by atoms with van der Waals surface area (Å²) in [4.78, 5) is 11.4. The van der Waals surface area contributed by atoms with Crippen LogP contribution in [-0.4, -0.2) is 54.5 Å². The molecule has 10 heteroatoms. The molecule has 0 atom stereocenters. The maximum Gasteiger partial charge on any atom is 0.203 e. The van der Waals surface area contributed by atoms with E-state index in [2.05, 4.69) is 83.0 Å². The summed E-state index contributed by atoms with van der Waals surface area (Å²) in [7, 11) is 0. The van der Waals surface area contributed by atoms with Crippen LogP contribution >= 0.6 is 0 Å². The molecule has 4 aliphatic rings. The van der Waals surface area contributed by atoms with Crippen molar-refractivity contribution in [2.45, 2.75) is 53.4 Å². The van der Waals surface area contributed by atoms with Gasteiger partial charge < -0.3 is 35.0 Å². The second-order valence-corrected chi connectivity index (χ2v) is 11.9. The van der Waals surface area contributed by atoms with Crippen molar-refractivity contribution < 1.29 is 19.5 Å². The largest absolute Gasteiger partial charge is 0.508 e. The number of benzene rings is 4. The molecular formula is C38H49N6O4+. The summed E-state index contributed by atoms with van der Waals surface area (Å²) in [5.74, 6) is 6.52. The number of phenolic OH excluding ortho intramolecular Hbond substituents is 2. The lowest BCUT2D eigenvalue weighted by molar-refractivity contribution is 0.313. The number of phenols is 2. The molecular weight excluding hydrogens is 604 g/mol. The summed E-state index contributed by atoms with van der Waals surface area (Å²) in [5, 5.41) is 26.5. The van der Waals surface area contributed by atoms with Gasteiger partial charge in [-0.3, -0.25) is 0 Å². The van der Waals surface area contributed by atoms with Crippen LogP contribution < -0.4 is 36.2 Å². The van der Waals surface area contributed by atoms with Crippen LogP contribution in [0, 0.1) is 0 Å². The first-order valence-electron chi connectivity index (χ1n) is 17.1. The third kappa shape index (κ3) is 8.12. The fourth-order valence-corrected chi connectivity index (χ4v) is 6.20. The standard InChI is InChI=1S/C19H21N3O.C10H16N2O2.C9H11NO/c1-3-22(4-2)14-7-8-15-18(11-14)23-19-12-16-13(6-5-9-20-16)10-17(19)21-15;1-3-12(4-2)8-5-6-10(14-11)9(13)7-8;11-8-4-3-7-2-1-5-10-9(7)6-8/h7-8,10-12H,3-6,9H2,1-2H3;5-7,13H,3-4,11H2,1-2H3;3-4,6,10-11H,1-2,5H2/p+1. The average Bonchev–Trinajstić information content (AvgIpc) is 3.11. The zero-order valence-electron chi connectivity index (χ0n) is 28.6. The highest BCUT2D eigenvalue weighted by Gasteiger charge is 2.16. The van der Waals surface area contributed by atoms with Crippen LogP contribution in [-0.2, 0) is 12.8 Å². The van der Waals surface area contributed by atoms with E-state index in [4.69, 9.17) is 20.4 Å². The van der Waals surface area contributed by atoms with Gasteiger partial charge in [0.2, 0.25) is 5.36 Å². The van der Waals surface area contributed by atoms with Crippen molar-refractivity contribution in [3.8, 4) is 28.7 Å². The van der Waals surface area contributed by atoms with E-state index in [1.165, 1.54) is 35.0 Å². The quantitative estimate of drug-likeness (QED) is 0.0809. The average molecular weight is 654 g/mol. The lowest BCUT2D eigenvalue weighted by Crippen LogP contribution is -2.29. The molecule has 0 saturated heterocycles. The number of hydrogen-bond donors (Lipinski definition) is 5. The van der Waals surface area contributed by atoms with E-state index >= 15 is 0 Å². The lowest BCUT2D eigenvalue weighted by atomic mass is 10.0. The highest BCUT2D eigenvalue weighted by atomic mass is 16.6. The topological polar surface area (TPSA) is 132 Å². The molecule has 3 heterocycles. The molecule has 0 unspecified atom stereocenters. The number of aryl methyl sites for hydroxylation is 2. The van der Waals surface area contributed by atoms with Gasteiger partial charge in [0.15, 0.2) is 22.8 Å². The summed E-state index contributed by atoms with van der Waals surface area (Å²) < 4.78 is 8.48. The molecule has 3 aromatic carbocycles. The Morgan fingerprint density at radius 2 is 1.54 bits per heavy atom. The molecule has 0 amide bonds. The number of hydrogen-bond acceptors (Lipinski definition) is 9.